The zero-order valence-electron chi connectivity index (χ0n) is 10.4. The van der Waals surface area contributed by atoms with E-state index in [1.165, 1.54) is 6.07 Å². The van der Waals surface area contributed by atoms with Gasteiger partial charge >= 0.3 is 0 Å². The molecule has 0 amide bonds. The minimum Gasteiger partial charge on any atom is -0.468 e. The van der Waals surface area contributed by atoms with Gasteiger partial charge in [-0.15, -0.1) is 0 Å². The molecule has 1 aromatic heterocycles. The highest BCUT2D eigenvalue weighted by molar-refractivity contribution is 5.47. The van der Waals surface area contributed by atoms with E-state index in [9.17, 15) is 4.39 Å². The third-order valence-electron chi connectivity index (χ3n) is 2.94. The van der Waals surface area contributed by atoms with Gasteiger partial charge in [0.05, 0.1) is 18.5 Å². The highest BCUT2D eigenvalue weighted by atomic mass is 19.1. The lowest BCUT2D eigenvalue weighted by molar-refractivity contribution is 0.248. The Balaban J connectivity index is 2.08. The molecule has 0 atom stereocenters. The summed E-state index contributed by atoms with van der Waals surface area (Å²) in [5.41, 5.74) is 6.77. The number of para-hydroxylation sites is 1. The first kappa shape index (κ1) is 12.6. The lowest BCUT2D eigenvalue weighted by atomic mass is 10.1. The smallest absolute Gasteiger partial charge is 0.146 e. The van der Waals surface area contributed by atoms with Crippen LogP contribution in [0.1, 0.15) is 18.2 Å². The molecule has 0 fully saturated rings. The van der Waals surface area contributed by atoms with Crippen LogP contribution in [0.2, 0.25) is 0 Å². The SMILES string of the molecule is CCN(Cc1ccco1)Cc1cccc(F)c1N. The van der Waals surface area contributed by atoms with Crippen molar-refractivity contribution in [3.05, 3.63) is 53.7 Å². The average molecular weight is 248 g/mol. The molecule has 2 rings (SSSR count). The molecule has 1 aromatic carbocycles. The molecule has 0 aliphatic rings. The second kappa shape index (κ2) is 5.69. The first-order chi connectivity index (χ1) is 8.70. The van der Waals surface area contributed by atoms with E-state index < -0.39 is 0 Å². The fourth-order valence-corrected chi connectivity index (χ4v) is 1.86. The maximum Gasteiger partial charge on any atom is 0.146 e. The van der Waals surface area contributed by atoms with E-state index in [0.29, 0.717) is 13.1 Å². The Bertz CT molecular complexity index is 497. The maximum atomic E-state index is 13.3. The largest absolute Gasteiger partial charge is 0.468 e. The minimum absolute atomic E-state index is 0.232. The van der Waals surface area contributed by atoms with Crippen LogP contribution in [0, 0.1) is 5.82 Å². The molecule has 2 N–H and O–H groups in total. The number of halogens is 1. The van der Waals surface area contributed by atoms with E-state index in [1.54, 1.807) is 12.3 Å². The number of rotatable bonds is 5. The number of benzene rings is 1. The number of nitrogens with zero attached hydrogens (tertiary/aromatic N) is 1. The zero-order valence-corrected chi connectivity index (χ0v) is 10.4. The van der Waals surface area contributed by atoms with Crippen molar-refractivity contribution < 1.29 is 8.81 Å². The van der Waals surface area contributed by atoms with Crippen LogP contribution in [-0.2, 0) is 13.1 Å². The van der Waals surface area contributed by atoms with E-state index in [4.69, 9.17) is 10.2 Å². The highest BCUT2D eigenvalue weighted by Crippen LogP contribution is 2.18. The van der Waals surface area contributed by atoms with Crippen LogP contribution in [0.15, 0.2) is 41.0 Å². The van der Waals surface area contributed by atoms with Crippen LogP contribution in [0.4, 0.5) is 10.1 Å². The van der Waals surface area contributed by atoms with E-state index in [0.717, 1.165) is 17.9 Å². The van der Waals surface area contributed by atoms with Gasteiger partial charge in [0.1, 0.15) is 11.6 Å². The monoisotopic (exact) mass is 248 g/mol. The predicted octanol–water partition coefficient (Wildman–Crippen LogP) is 3.02. The van der Waals surface area contributed by atoms with Crippen LogP contribution in [0.3, 0.4) is 0 Å². The Morgan fingerprint density at radius 2 is 2.06 bits per heavy atom. The zero-order chi connectivity index (χ0) is 13.0. The molecule has 2 aromatic rings. The molecule has 0 unspecified atom stereocenters. The highest BCUT2D eigenvalue weighted by Gasteiger charge is 2.10. The predicted molar refractivity (Wildman–Crippen MR) is 69.3 cm³/mol. The Kier molecular flexibility index (Phi) is 3.99. The summed E-state index contributed by atoms with van der Waals surface area (Å²) in [6.45, 7) is 4.20. The topological polar surface area (TPSA) is 42.4 Å². The number of nitrogens with two attached hydrogens (primary N) is 1. The molecule has 0 bridgehead atoms. The fourth-order valence-electron chi connectivity index (χ4n) is 1.86. The fraction of sp³-hybridized carbons (Fsp3) is 0.286. The quantitative estimate of drug-likeness (QED) is 0.827. The molecule has 1 heterocycles. The van der Waals surface area contributed by atoms with Crippen molar-refractivity contribution in [3.8, 4) is 0 Å². The van der Waals surface area contributed by atoms with Crippen molar-refractivity contribution in [1.29, 1.82) is 0 Å². The summed E-state index contributed by atoms with van der Waals surface area (Å²) >= 11 is 0. The molecule has 96 valence electrons. The first-order valence-electron chi connectivity index (χ1n) is 5.98. The maximum absolute atomic E-state index is 13.3. The summed E-state index contributed by atoms with van der Waals surface area (Å²) in [4.78, 5) is 2.14. The van der Waals surface area contributed by atoms with Gasteiger partial charge in [0.15, 0.2) is 0 Å². The van der Waals surface area contributed by atoms with Gasteiger partial charge in [0, 0.05) is 6.54 Å². The second-order valence-corrected chi connectivity index (χ2v) is 4.20. The van der Waals surface area contributed by atoms with Gasteiger partial charge in [-0.05, 0) is 30.3 Å². The number of furan rings is 1. The third kappa shape index (κ3) is 2.90. The van der Waals surface area contributed by atoms with E-state index in [2.05, 4.69) is 11.8 Å². The average Bonchev–Trinajstić information content (AvgIpc) is 2.86. The van der Waals surface area contributed by atoms with Crippen LogP contribution >= 0.6 is 0 Å². The molecule has 0 spiro atoms. The molecule has 0 saturated heterocycles. The molecule has 18 heavy (non-hydrogen) atoms. The van der Waals surface area contributed by atoms with Crippen LogP contribution in [0.25, 0.3) is 0 Å². The van der Waals surface area contributed by atoms with Gasteiger partial charge in [-0.2, -0.15) is 0 Å². The van der Waals surface area contributed by atoms with E-state index in [-0.39, 0.29) is 11.5 Å². The molecule has 3 nitrogen and oxygen atoms in total. The molecule has 0 radical (unpaired) electrons. The first-order valence-corrected chi connectivity index (χ1v) is 5.98. The molecule has 0 aliphatic heterocycles. The van der Waals surface area contributed by atoms with Gasteiger partial charge < -0.3 is 10.2 Å². The molecule has 0 aliphatic carbocycles. The van der Waals surface area contributed by atoms with Crippen molar-refractivity contribution >= 4 is 5.69 Å². The van der Waals surface area contributed by atoms with Gasteiger partial charge in [-0.1, -0.05) is 19.1 Å². The van der Waals surface area contributed by atoms with E-state index >= 15 is 0 Å². The number of anilines is 1. The standard InChI is InChI=1S/C14H17FN2O/c1-2-17(10-12-6-4-8-18-12)9-11-5-3-7-13(15)14(11)16/h3-8H,2,9-10,16H2,1H3. The summed E-state index contributed by atoms with van der Waals surface area (Å²) in [5.74, 6) is 0.536. The molecule has 4 heteroatoms. The van der Waals surface area contributed by atoms with Crippen molar-refractivity contribution in [2.24, 2.45) is 0 Å². The van der Waals surface area contributed by atoms with E-state index in [1.807, 2.05) is 18.2 Å². The Hall–Kier alpha value is -1.81. The summed E-state index contributed by atoms with van der Waals surface area (Å²) in [5, 5.41) is 0. The Morgan fingerprint density at radius 3 is 2.72 bits per heavy atom. The molecular formula is C14H17FN2O. The van der Waals surface area contributed by atoms with Gasteiger partial charge in [-0.3, -0.25) is 4.90 Å². The molecule has 0 saturated carbocycles. The normalized spacial score (nSPS) is 11.1. The summed E-state index contributed by atoms with van der Waals surface area (Å²) < 4.78 is 18.7. The second-order valence-electron chi connectivity index (χ2n) is 4.20. The number of nitrogen functional groups attached to an aromatic ring is 1. The minimum atomic E-state index is -0.360. The Labute approximate surface area is 106 Å². The van der Waals surface area contributed by atoms with Gasteiger partial charge in [-0.25, -0.2) is 4.39 Å². The lowest BCUT2D eigenvalue weighted by Crippen LogP contribution is -2.22. The van der Waals surface area contributed by atoms with Crippen molar-refractivity contribution in [3.63, 3.8) is 0 Å². The van der Waals surface area contributed by atoms with Gasteiger partial charge in [0.2, 0.25) is 0 Å². The van der Waals surface area contributed by atoms with Crippen molar-refractivity contribution in [2.75, 3.05) is 12.3 Å². The number of hydrogen-bond acceptors (Lipinski definition) is 3. The summed E-state index contributed by atoms with van der Waals surface area (Å²) in [7, 11) is 0. The van der Waals surface area contributed by atoms with Crippen LogP contribution in [-0.4, -0.2) is 11.4 Å². The lowest BCUT2D eigenvalue weighted by Gasteiger charge is -2.20. The van der Waals surface area contributed by atoms with Gasteiger partial charge in [0.25, 0.3) is 0 Å². The van der Waals surface area contributed by atoms with Crippen LogP contribution < -0.4 is 5.73 Å². The molecular weight excluding hydrogens is 231 g/mol. The van der Waals surface area contributed by atoms with Crippen LogP contribution in [0.5, 0.6) is 0 Å². The Morgan fingerprint density at radius 1 is 1.22 bits per heavy atom. The summed E-state index contributed by atoms with van der Waals surface area (Å²) in [6.07, 6.45) is 1.65. The van der Waals surface area contributed by atoms with Crippen molar-refractivity contribution in [1.82, 2.24) is 4.90 Å². The van der Waals surface area contributed by atoms with Crippen molar-refractivity contribution in [2.45, 2.75) is 20.0 Å². The third-order valence-corrected chi connectivity index (χ3v) is 2.94. The summed E-state index contributed by atoms with van der Waals surface area (Å²) in [6, 6.07) is 8.70. The number of hydrogen-bond donors (Lipinski definition) is 1.